The largest absolute Gasteiger partial charge is 0.495 e. The first-order valence-corrected chi connectivity index (χ1v) is 5.14. The van der Waals surface area contributed by atoms with Crippen molar-refractivity contribution in [1.82, 2.24) is 4.98 Å². The summed E-state index contributed by atoms with van der Waals surface area (Å²) in [4.78, 5) is 15.1. The Hall–Kier alpha value is -1.76. The third-order valence-corrected chi connectivity index (χ3v) is 2.46. The van der Waals surface area contributed by atoms with Crippen molar-refractivity contribution < 1.29 is 23.0 Å². The molecule has 1 rings (SSSR count). The van der Waals surface area contributed by atoms with E-state index in [1.807, 2.05) is 0 Å². The first kappa shape index (κ1) is 14.3. The number of rotatable bonds is 5. The molecule has 5 nitrogen and oxygen atoms in total. The summed E-state index contributed by atoms with van der Waals surface area (Å²) < 4.78 is 35.3. The number of methoxy groups -OCH3 is 2. The molecule has 1 heterocycles. The van der Waals surface area contributed by atoms with Gasteiger partial charge in [-0.1, -0.05) is 0 Å². The highest BCUT2D eigenvalue weighted by molar-refractivity contribution is 5.72. The van der Waals surface area contributed by atoms with E-state index in [-0.39, 0.29) is 35.5 Å². The van der Waals surface area contributed by atoms with E-state index in [1.165, 1.54) is 14.2 Å². The van der Waals surface area contributed by atoms with Crippen LogP contribution >= 0.6 is 0 Å². The quantitative estimate of drug-likeness (QED) is 0.805. The summed E-state index contributed by atoms with van der Waals surface area (Å²) in [6.45, 7) is -0.157. The maximum atomic E-state index is 13.0. The fourth-order valence-corrected chi connectivity index (χ4v) is 1.58. The topological polar surface area (TPSA) is 74.4 Å². The molecule has 0 aliphatic rings. The third-order valence-electron chi connectivity index (χ3n) is 2.46. The van der Waals surface area contributed by atoms with Crippen molar-refractivity contribution in [2.75, 3.05) is 14.2 Å². The van der Waals surface area contributed by atoms with Gasteiger partial charge in [0.05, 0.1) is 38.1 Å². The summed E-state index contributed by atoms with van der Waals surface area (Å²) in [5.74, 6) is -0.610. The van der Waals surface area contributed by atoms with Crippen LogP contribution < -0.4 is 10.5 Å². The molecule has 0 saturated carbocycles. The lowest BCUT2D eigenvalue weighted by atomic mass is 10.0. The molecule has 0 fully saturated rings. The van der Waals surface area contributed by atoms with Crippen molar-refractivity contribution in [2.24, 2.45) is 5.73 Å². The van der Waals surface area contributed by atoms with Crippen LogP contribution in [0.2, 0.25) is 0 Å². The minimum Gasteiger partial charge on any atom is -0.495 e. The lowest BCUT2D eigenvalue weighted by Crippen LogP contribution is -2.14. The molecule has 0 unspecified atom stereocenters. The smallest absolute Gasteiger partial charge is 0.311 e. The lowest BCUT2D eigenvalue weighted by molar-refractivity contribution is -0.139. The van der Waals surface area contributed by atoms with E-state index in [1.54, 1.807) is 0 Å². The number of alkyl halides is 2. The summed E-state index contributed by atoms with van der Waals surface area (Å²) in [6.07, 6.45) is -1.80. The van der Waals surface area contributed by atoms with Gasteiger partial charge in [0, 0.05) is 12.1 Å². The molecule has 1 aromatic rings. The molecule has 1 aromatic heterocycles. The van der Waals surface area contributed by atoms with E-state index in [2.05, 4.69) is 9.72 Å². The number of carbonyl (C=O) groups excluding carboxylic acids is 1. The summed E-state index contributed by atoms with van der Waals surface area (Å²) >= 11 is 0. The van der Waals surface area contributed by atoms with Gasteiger partial charge in [-0.15, -0.1) is 0 Å². The van der Waals surface area contributed by atoms with Crippen molar-refractivity contribution in [2.45, 2.75) is 19.4 Å². The average Bonchev–Trinajstić information content (AvgIpc) is 2.37. The zero-order valence-electron chi connectivity index (χ0n) is 10.1. The molecule has 100 valence electrons. The lowest BCUT2D eigenvalue weighted by Gasteiger charge is -2.15. The van der Waals surface area contributed by atoms with E-state index in [0.717, 1.165) is 6.20 Å². The molecule has 0 saturated heterocycles. The molecular weight excluding hydrogens is 246 g/mol. The number of ether oxygens (including phenoxy) is 2. The highest BCUT2D eigenvalue weighted by Crippen LogP contribution is 2.33. The van der Waals surface area contributed by atoms with E-state index in [4.69, 9.17) is 10.5 Å². The predicted octanol–water partition coefficient (Wildman–Crippen LogP) is 1.20. The summed E-state index contributed by atoms with van der Waals surface area (Å²) in [6, 6.07) is 0. The highest BCUT2D eigenvalue weighted by atomic mass is 19.3. The number of halogens is 2. The second kappa shape index (κ2) is 6.25. The number of nitrogens with two attached hydrogens (primary N) is 1. The van der Waals surface area contributed by atoms with Gasteiger partial charge in [0.2, 0.25) is 0 Å². The molecule has 0 aliphatic carbocycles. The van der Waals surface area contributed by atoms with E-state index < -0.39 is 12.4 Å². The molecule has 0 radical (unpaired) electrons. The maximum absolute atomic E-state index is 13.0. The maximum Gasteiger partial charge on any atom is 0.311 e. The summed E-state index contributed by atoms with van der Waals surface area (Å²) in [5.41, 5.74) is 5.43. The van der Waals surface area contributed by atoms with Crippen molar-refractivity contribution in [1.29, 1.82) is 0 Å². The zero-order valence-corrected chi connectivity index (χ0v) is 10.1. The molecule has 0 aliphatic heterocycles. The SMILES string of the molecule is COC(=O)Cc1ncc(OC)c(C(F)F)c1CN. The Kier molecular flexibility index (Phi) is 4.96. The standard InChI is InChI=1S/C11H14F2N2O3/c1-17-8-5-15-7(3-9(16)18-2)6(4-14)10(8)11(12)13/h5,11H,3-4,14H2,1-2H3. The molecule has 0 aromatic carbocycles. The van der Waals surface area contributed by atoms with Gasteiger partial charge in [0.15, 0.2) is 0 Å². The second-order valence-electron chi connectivity index (χ2n) is 3.42. The summed E-state index contributed by atoms with van der Waals surface area (Å²) in [5, 5.41) is 0. The highest BCUT2D eigenvalue weighted by Gasteiger charge is 2.23. The number of hydrogen-bond donors (Lipinski definition) is 1. The van der Waals surface area contributed by atoms with Crippen molar-refractivity contribution in [3.63, 3.8) is 0 Å². The van der Waals surface area contributed by atoms with Crippen LogP contribution in [0.4, 0.5) is 8.78 Å². The molecule has 0 atom stereocenters. The Balaban J connectivity index is 3.28. The van der Waals surface area contributed by atoms with Crippen LogP contribution in [-0.4, -0.2) is 25.2 Å². The van der Waals surface area contributed by atoms with Crippen LogP contribution in [0.25, 0.3) is 0 Å². The fraction of sp³-hybridized carbons (Fsp3) is 0.455. The van der Waals surface area contributed by atoms with E-state index in [0.29, 0.717) is 0 Å². The van der Waals surface area contributed by atoms with Crippen molar-refractivity contribution >= 4 is 5.97 Å². The number of pyridine rings is 1. The number of aromatic nitrogens is 1. The van der Waals surface area contributed by atoms with Gasteiger partial charge in [-0.05, 0) is 0 Å². The van der Waals surface area contributed by atoms with Crippen LogP contribution in [-0.2, 0) is 22.5 Å². The van der Waals surface area contributed by atoms with Gasteiger partial charge in [-0.25, -0.2) is 8.78 Å². The number of carbonyl (C=O) groups is 1. The molecule has 0 amide bonds. The number of hydrogen-bond acceptors (Lipinski definition) is 5. The molecule has 18 heavy (non-hydrogen) atoms. The van der Waals surface area contributed by atoms with Gasteiger partial charge >= 0.3 is 5.97 Å². The van der Waals surface area contributed by atoms with Gasteiger partial charge in [0.1, 0.15) is 5.75 Å². The predicted molar refractivity (Wildman–Crippen MR) is 59.4 cm³/mol. The molecule has 0 spiro atoms. The van der Waals surface area contributed by atoms with Crippen LogP contribution in [0.1, 0.15) is 23.2 Å². The Labute approximate surface area is 103 Å². The molecular formula is C11H14F2N2O3. The van der Waals surface area contributed by atoms with Crippen LogP contribution in [0.15, 0.2) is 6.20 Å². The van der Waals surface area contributed by atoms with Crippen molar-refractivity contribution in [3.8, 4) is 5.75 Å². The fourth-order valence-electron chi connectivity index (χ4n) is 1.58. The van der Waals surface area contributed by atoms with Crippen LogP contribution in [0.5, 0.6) is 5.75 Å². The second-order valence-corrected chi connectivity index (χ2v) is 3.42. The van der Waals surface area contributed by atoms with Gasteiger partial charge in [0.25, 0.3) is 6.43 Å². The monoisotopic (exact) mass is 260 g/mol. The minimum atomic E-state index is -2.75. The Morgan fingerprint density at radius 1 is 1.50 bits per heavy atom. The Morgan fingerprint density at radius 3 is 2.61 bits per heavy atom. The Bertz CT molecular complexity index is 439. The summed E-state index contributed by atoms with van der Waals surface area (Å²) in [7, 11) is 2.48. The number of nitrogens with zero attached hydrogens (tertiary/aromatic N) is 1. The van der Waals surface area contributed by atoms with E-state index >= 15 is 0 Å². The first-order chi connectivity index (χ1) is 8.54. The molecule has 0 bridgehead atoms. The minimum absolute atomic E-state index is 0.0425. The van der Waals surface area contributed by atoms with Crippen molar-refractivity contribution in [3.05, 3.63) is 23.0 Å². The average molecular weight is 260 g/mol. The van der Waals surface area contributed by atoms with Gasteiger partial charge in [-0.2, -0.15) is 0 Å². The zero-order chi connectivity index (χ0) is 13.7. The van der Waals surface area contributed by atoms with Gasteiger partial charge in [-0.3, -0.25) is 9.78 Å². The first-order valence-electron chi connectivity index (χ1n) is 5.14. The molecule has 7 heteroatoms. The normalized spacial score (nSPS) is 10.6. The van der Waals surface area contributed by atoms with E-state index in [9.17, 15) is 13.6 Å². The molecule has 2 N–H and O–H groups in total. The third kappa shape index (κ3) is 2.92. The van der Waals surface area contributed by atoms with Crippen LogP contribution in [0.3, 0.4) is 0 Å². The number of esters is 1. The van der Waals surface area contributed by atoms with Crippen LogP contribution in [0, 0.1) is 0 Å². The Morgan fingerprint density at radius 2 is 2.17 bits per heavy atom. The van der Waals surface area contributed by atoms with Gasteiger partial charge < -0.3 is 15.2 Å².